The Morgan fingerprint density at radius 1 is 1.28 bits per heavy atom. The topological polar surface area (TPSA) is 87.9 Å². The van der Waals surface area contributed by atoms with E-state index in [0.717, 1.165) is 54.7 Å². The fraction of sp³-hybridized carbons (Fsp3) is 0.444. The molecule has 2 aliphatic rings. The van der Waals surface area contributed by atoms with Gasteiger partial charge in [0.2, 0.25) is 11.8 Å². The van der Waals surface area contributed by atoms with Crippen LogP contribution in [0.1, 0.15) is 55.1 Å². The summed E-state index contributed by atoms with van der Waals surface area (Å²) in [5.41, 5.74) is 1.74. The Balaban J connectivity index is 1.36. The van der Waals surface area contributed by atoms with Crippen molar-refractivity contribution in [2.24, 2.45) is 0 Å². The molecule has 0 spiro atoms. The predicted octanol–water partition coefficient (Wildman–Crippen LogP) is 2.73. The van der Waals surface area contributed by atoms with Gasteiger partial charge in [-0.25, -0.2) is 0 Å². The summed E-state index contributed by atoms with van der Waals surface area (Å²) in [4.78, 5) is 19.3. The minimum Gasteiger partial charge on any atom is -0.339 e. The molecule has 3 aromatic rings. The van der Waals surface area contributed by atoms with E-state index in [1.807, 2.05) is 29.2 Å². The maximum absolute atomic E-state index is 12.9. The monoisotopic (exact) mass is 337 g/mol. The number of carbonyl (C=O) groups excluding carboxylic acids is 1. The molecule has 1 saturated heterocycles. The molecule has 2 fully saturated rings. The Hall–Kier alpha value is -2.70. The van der Waals surface area contributed by atoms with Crippen LogP contribution in [0.5, 0.6) is 0 Å². The summed E-state index contributed by atoms with van der Waals surface area (Å²) < 4.78 is 5.38. The molecule has 0 bridgehead atoms. The van der Waals surface area contributed by atoms with Crippen molar-refractivity contribution in [3.8, 4) is 0 Å². The molecule has 0 unspecified atom stereocenters. The fourth-order valence-corrected chi connectivity index (χ4v) is 3.61. The summed E-state index contributed by atoms with van der Waals surface area (Å²) in [5.74, 6) is 1.90. The van der Waals surface area contributed by atoms with Crippen LogP contribution in [-0.2, 0) is 11.2 Å². The van der Waals surface area contributed by atoms with E-state index in [-0.39, 0.29) is 11.9 Å². The lowest BCUT2D eigenvalue weighted by Crippen LogP contribution is -2.32. The quantitative estimate of drug-likeness (QED) is 0.791. The Bertz CT molecular complexity index is 926. The van der Waals surface area contributed by atoms with E-state index >= 15 is 0 Å². The first-order valence-corrected chi connectivity index (χ1v) is 8.84. The molecular weight excluding hydrogens is 318 g/mol. The van der Waals surface area contributed by atoms with Gasteiger partial charge in [0.1, 0.15) is 0 Å². The summed E-state index contributed by atoms with van der Waals surface area (Å²) in [6.07, 6.45) is 4.42. The van der Waals surface area contributed by atoms with Gasteiger partial charge >= 0.3 is 0 Å². The van der Waals surface area contributed by atoms with E-state index < -0.39 is 0 Å². The van der Waals surface area contributed by atoms with Crippen molar-refractivity contribution < 1.29 is 9.32 Å². The van der Waals surface area contributed by atoms with Crippen LogP contribution >= 0.6 is 0 Å². The maximum atomic E-state index is 12.9. The first-order chi connectivity index (χ1) is 12.3. The number of likely N-dealkylation sites (tertiary alicyclic amines) is 1. The van der Waals surface area contributed by atoms with Gasteiger partial charge in [0.25, 0.3) is 0 Å². The van der Waals surface area contributed by atoms with Crippen LogP contribution < -0.4 is 0 Å². The third kappa shape index (κ3) is 2.59. The van der Waals surface area contributed by atoms with Crippen molar-refractivity contribution in [3.05, 3.63) is 41.7 Å². The van der Waals surface area contributed by atoms with E-state index in [9.17, 15) is 4.79 Å². The number of hydrogen-bond donors (Lipinski definition) is 1. The molecule has 1 aliphatic heterocycles. The molecule has 128 valence electrons. The van der Waals surface area contributed by atoms with Crippen molar-refractivity contribution in [2.45, 2.75) is 44.1 Å². The molecular formula is C18H19N5O2. The van der Waals surface area contributed by atoms with Gasteiger partial charge in [-0.05, 0) is 31.7 Å². The first kappa shape index (κ1) is 14.6. The van der Waals surface area contributed by atoms with Gasteiger partial charge < -0.3 is 9.42 Å². The second-order valence-corrected chi connectivity index (χ2v) is 6.91. The van der Waals surface area contributed by atoms with Gasteiger partial charge in [-0.15, -0.1) is 0 Å². The smallest absolute Gasteiger partial charge is 0.229 e. The number of benzene rings is 1. The van der Waals surface area contributed by atoms with Gasteiger partial charge in [-0.2, -0.15) is 10.1 Å². The van der Waals surface area contributed by atoms with Crippen LogP contribution in [0.15, 0.2) is 28.8 Å². The van der Waals surface area contributed by atoms with Crippen molar-refractivity contribution in [2.75, 3.05) is 6.54 Å². The lowest BCUT2D eigenvalue weighted by Gasteiger charge is -2.22. The van der Waals surface area contributed by atoms with Gasteiger partial charge in [-0.1, -0.05) is 23.4 Å². The number of para-hydroxylation sites is 1. The van der Waals surface area contributed by atoms with Gasteiger partial charge in [0.15, 0.2) is 5.82 Å². The van der Waals surface area contributed by atoms with E-state index in [1.54, 1.807) is 0 Å². The summed E-state index contributed by atoms with van der Waals surface area (Å²) in [7, 11) is 0. The number of aromatic amines is 1. The number of fused-ring (bicyclic) bond motifs is 1. The standard InChI is InChI=1S/C18H19N5O2/c24-16(10-14-12-4-1-2-5-13(12)20-21-14)23-9-3-6-15(23)17-19-18(25-22-17)11-7-8-11/h1-2,4-5,11,15H,3,6-10H2,(H,20,21)/t15-/m0/s1. The number of rotatable bonds is 4. The molecule has 1 amide bonds. The molecule has 25 heavy (non-hydrogen) atoms. The number of H-pyrrole nitrogens is 1. The van der Waals surface area contributed by atoms with Crippen molar-refractivity contribution >= 4 is 16.8 Å². The highest BCUT2D eigenvalue weighted by Gasteiger charge is 2.36. The molecule has 3 heterocycles. The lowest BCUT2D eigenvalue weighted by molar-refractivity contribution is -0.131. The Kier molecular flexibility index (Phi) is 3.33. The largest absolute Gasteiger partial charge is 0.339 e. The average molecular weight is 337 g/mol. The normalized spacial score (nSPS) is 20.5. The zero-order chi connectivity index (χ0) is 16.8. The molecule has 1 atom stereocenters. The first-order valence-electron chi connectivity index (χ1n) is 8.84. The fourth-order valence-electron chi connectivity index (χ4n) is 3.61. The second kappa shape index (κ2) is 5.68. The number of amides is 1. The van der Waals surface area contributed by atoms with Crippen LogP contribution in [-0.4, -0.2) is 37.7 Å². The van der Waals surface area contributed by atoms with Gasteiger partial charge in [0.05, 0.1) is 23.7 Å². The average Bonchev–Trinajstić information content (AvgIpc) is 3.04. The van der Waals surface area contributed by atoms with Crippen LogP contribution in [0, 0.1) is 0 Å². The van der Waals surface area contributed by atoms with Crippen LogP contribution in [0.2, 0.25) is 0 Å². The Labute approximate surface area is 144 Å². The molecule has 1 aromatic carbocycles. The molecule has 7 heteroatoms. The van der Waals surface area contributed by atoms with Gasteiger partial charge in [-0.3, -0.25) is 9.89 Å². The maximum Gasteiger partial charge on any atom is 0.229 e. The predicted molar refractivity (Wildman–Crippen MR) is 89.8 cm³/mol. The molecule has 7 nitrogen and oxygen atoms in total. The molecule has 1 N–H and O–H groups in total. The van der Waals surface area contributed by atoms with Crippen LogP contribution in [0.3, 0.4) is 0 Å². The molecule has 2 aromatic heterocycles. The molecule has 1 saturated carbocycles. The number of hydrogen-bond acceptors (Lipinski definition) is 5. The number of nitrogens with zero attached hydrogens (tertiary/aromatic N) is 4. The van der Waals surface area contributed by atoms with E-state index in [2.05, 4.69) is 20.3 Å². The number of nitrogens with one attached hydrogen (secondary N) is 1. The SMILES string of the molecule is O=C(Cc1[nH]nc2ccccc12)N1CCC[C@H]1c1noc(C2CC2)n1. The van der Waals surface area contributed by atoms with E-state index in [0.29, 0.717) is 18.2 Å². The third-order valence-corrected chi connectivity index (χ3v) is 5.12. The second-order valence-electron chi connectivity index (χ2n) is 6.91. The lowest BCUT2D eigenvalue weighted by atomic mass is 10.1. The minimum atomic E-state index is -0.0714. The highest BCUT2D eigenvalue weighted by Crippen LogP contribution is 2.40. The zero-order valence-electron chi connectivity index (χ0n) is 13.8. The third-order valence-electron chi connectivity index (χ3n) is 5.12. The Morgan fingerprint density at radius 3 is 3.04 bits per heavy atom. The molecule has 0 radical (unpaired) electrons. The molecule has 5 rings (SSSR count). The zero-order valence-corrected chi connectivity index (χ0v) is 13.8. The summed E-state index contributed by atoms with van der Waals surface area (Å²) >= 11 is 0. The van der Waals surface area contributed by atoms with E-state index in [4.69, 9.17) is 4.52 Å². The van der Waals surface area contributed by atoms with Crippen molar-refractivity contribution in [1.29, 1.82) is 0 Å². The highest BCUT2D eigenvalue weighted by atomic mass is 16.5. The summed E-state index contributed by atoms with van der Waals surface area (Å²) in [6, 6.07) is 7.77. The van der Waals surface area contributed by atoms with Crippen molar-refractivity contribution in [3.63, 3.8) is 0 Å². The Morgan fingerprint density at radius 2 is 2.16 bits per heavy atom. The van der Waals surface area contributed by atoms with Crippen LogP contribution in [0.25, 0.3) is 10.9 Å². The number of carbonyl (C=O) groups is 1. The molecule has 1 aliphatic carbocycles. The van der Waals surface area contributed by atoms with Crippen LogP contribution in [0.4, 0.5) is 0 Å². The minimum absolute atomic E-state index is 0.0714. The summed E-state index contributed by atoms with van der Waals surface area (Å²) in [5, 5.41) is 12.4. The number of aromatic nitrogens is 4. The van der Waals surface area contributed by atoms with Gasteiger partial charge in [0, 0.05) is 17.8 Å². The van der Waals surface area contributed by atoms with E-state index in [1.165, 1.54) is 0 Å². The highest BCUT2D eigenvalue weighted by molar-refractivity contribution is 5.87. The van der Waals surface area contributed by atoms with Crippen molar-refractivity contribution in [1.82, 2.24) is 25.2 Å². The summed E-state index contributed by atoms with van der Waals surface area (Å²) in [6.45, 7) is 0.739.